The zero-order valence-corrected chi connectivity index (χ0v) is 19.5. The van der Waals surface area contributed by atoms with Gasteiger partial charge in [0, 0.05) is 16.1 Å². The van der Waals surface area contributed by atoms with Crippen LogP contribution in [0, 0.1) is 13.8 Å². The molecule has 0 N–H and O–H groups in total. The van der Waals surface area contributed by atoms with E-state index in [1.807, 2.05) is 86.7 Å². The van der Waals surface area contributed by atoms with Crippen molar-refractivity contribution in [1.82, 2.24) is 0 Å². The van der Waals surface area contributed by atoms with Crippen LogP contribution in [0.2, 0.25) is 5.02 Å². The molecule has 1 aliphatic rings. The molecule has 1 aliphatic heterocycles. The van der Waals surface area contributed by atoms with Gasteiger partial charge in [0.2, 0.25) is 0 Å². The van der Waals surface area contributed by atoms with Crippen LogP contribution < -0.4 is 9.64 Å². The van der Waals surface area contributed by atoms with Crippen molar-refractivity contribution in [1.29, 1.82) is 0 Å². The van der Waals surface area contributed by atoms with Crippen LogP contribution in [0.3, 0.4) is 0 Å². The fraction of sp³-hybridized carbons (Fsp3) is 0.120. The molecule has 0 bridgehead atoms. The number of halogens is 1. The van der Waals surface area contributed by atoms with Crippen molar-refractivity contribution in [2.24, 2.45) is 0 Å². The molecule has 3 aromatic carbocycles. The van der Waals surface area contributed by atoms with E-state index in [1.54, 1.807) is 4.90 Å². The second-order valence-corrected chi connectivity index (χ2v) is 9.26. The number of anilines is 1. The summed E-state index contributed by atoms with van der Waals surface area (Å²) < 4.78 is 6.56. The third-order valence-electron chi connectivity index (χ3n) is 5.00. The zero-order valence-electron chi connectivity index (χ0n) is 17.1. The molecule has 0 atom stereocenters. The van der Waals surface area contributed by atoms with Gasteiger partial charge in [-0.2, -0.15) is 0 Å². The van der Waals surface area contributed by atoms with Crippen LogP contribution in [-0.2, 0) is 11.4 Å². The highest BCUT2D eigenvalue weighted by atomic mass is 35.5. The molecule has 1 amide bonds. The largest absolute Gasteiger partial charge is 0.488 e. The first kappa shape index (κ1) is 21.6. The molecule has 4 rings (SSSR count). The standard InChI is InChI=1S/C25H20ClNO2S2/c1-16-8-7-9-17(2)23(16)27-24(28)22(31-25(27)30)14-18-10-4-6-13-21(18)29-15-19-11-3-5-12-20(19)26/h3-14H,15H2,1-2H3/b22-14-. The Labute approximate surface area is 196 Å². The number of amides is 1. The molecule has 0 aromatic heterocycles. The lowest BCUT2D eigenvalue weighted by Gasteiger charge is -2.19. The van der Waals surface area contributed by atoms with E-state index in [0.29, 0.717) is 26.6 Å². The van der Waals surface area contributed by atoms with Crippen LogP contribution in [0.25, 0.3) is 6.08 Å². The molecule has 0 aliphatic carbocycles. The van der Waals surface area contributed by atoms with Crippen molar-refractivity contribution < 1.29 is 9.53 Å². The van der Waals surface area contributed by atoms with E-state index >= 15 is 0 Å². The van der Waals surface area contributed by atoms with Crippen LogP contribution in [0.1, 0.15) is 22.3 Å². The van der Waals surface area contributed by atoms with Crippen molar-refractivity contribution in [3.8, 4) is 5.75 Å². The second-order valence-electron chi connectivity index (χ2n) is 7.18. The molecule has 6 heteroatoms. The molecule has 1 heterocycles. The first-order valence-electron chi connectivity index (χ1n) is 9.75. The Morgan fingerprint density at radius 3 is 2.42 bits per heavy atom. The minimum absolute atomic E-state index is 0.117. The average Bonchev–Trinajstić information content (AvgIpc) is 3.02. The van der Waals surface area contributed by atoms with Crippen LogP contribution in [-0.4, -0.2) is 10.2 Å². The smallest absolute Gasteiger partial charge is 0.270 e. The molecule has 1 fully saturated rings. The van der Waals surface area contributed by atoms with Crippen LogP contribution in [0.5, 0.6) is 5.75 Å². The van der Waals surface area contributed by atoms with E-state index in [4.69, 9.17) is 28.6 Å². The first-order valence-corrected chi connectivity index (χ1v) is 11.4. The maximum atomic E-state index is 13.3. The molecule has 0 spiro atoms. The number of nitrogens with zero attached hydrogens (tertiary/aromatic N) is 1. The third-order valence-corrected chi connectivity index (χ3v) is 6.67. The topological polar surface area (TPSA) is 29.5 Å². The summed E-state index contributed by atoms with van der Waals surface area (Å²) in [4.78, 5) is 15.5. The number of rotatable bonds is 5. The second kappa shape index (κ2) is 9.27. The Kier molecular flexibility index (Phi) is 6.46. The quantitative estimate of drug-likeness (QED) is 0.301. The van der Waals surface area contributed by atoms with Gasteiger partial charge in [0.1, 0.15) is 12.4 Å². The molecule has 0 unspecified atom stereocenters. The number of ether oxygens (including phenoxy) is 1. The van der Waals surface area contributed by atoms with Gasteiger partial charge < -0.3 is 4.74 Å². The van der Waals surface area contributed by atoms with Gasteiger partial charge in [-0.15, -0.1) is 0 Å². The van der Waals surface area contributed by atoms with Gasteiger partial charge in [-0.3, -0.25) is 9.69 Å². The molecule has 1 saturated heterocycles. The van der Waals surface area contributed by atoms with E-state index in [-0.39, 0.29) is 5.91 Å². The van der Waals surface area contributed by atoms with Crippen LogP contribution in [0.15, 0.2) is 71.6 Å². The predicted molar refractivity (Wildman–Crippen MR) is 134 cm³/mol. The SMILES string of the molecule is Cc1cccc(C)c1N1C(=O)/C(=C/c2ccccc2OCc2ccccc2Cl)SC1=S. The number of benzene rings is 3. The number of thioether (sulfide) groups is 1. The summed E-state index contributed by atoms with van der Waals surface area (Å²) in [5, 5.41) is 0.662. The molecule has 3 nitrogen and oxygen atoms in total. The molecular formula is C25H20ClNO2S2. The van der Waals surface area contributed by atoms with Gasteiger partial charge in [0.05, 0.1) is 10.6 Å². The van der Waals surface area contributed by atoms with Crippen molar-refractivity contribution in [3.63, 3.8) is 0 Å². The molecule has 156 valence electrons. The molecule has 0 radical (unpaired) electrons. The van der Waals surface area contributed by atoms with Crippen LogP contribution >= 0.6 is 35.6 Å². The predicted octanol–water partition coefficient (Wildman–Crippen LogP) is 6.94. The maximum absolute atomic E-state index is 13.3. The molecule has 3 aromatic rings. The normalized spacial score (nSPS) is 15.1. The van der Waals surface area contributed by atoms with Crippen molar-refractivity contribution in [3.05, 3.63) is 98.9 Å². The highest BCUT2D eigenvalue weighted by Crippen LogP contribution is 2.39. The van der Waals surface area contributed by atoms with Gasteiger partial charge >= 0.3 is 0 Å². The van der Waals surface area contributed by atoms with Crippen molar-refractivity contribution in [2.75, 3.05) is 4.90 Å². The number of carbonyl (C=O) groups is 1. The number of aryl methyl sites for hydroxylation is 2. The lowest BCUT2D eigenvalue weighted by atomic mass is 10.1. The minimum atomic E-state index is -0.117. The Morgan fingerprint density at radius 2 is 1.68 bits per heavy atom. The van der Waals surface area contributed by atoms with Crippen LogP contribution in [0.4, 0.5) is 5.69 Å². The number of hydrogen-bond donors (Lipinski definition) is 0. The van der Waals surface area contributed by atoms with Gasteiger partial charge in [-0.05, 0) is 43.2 Å². The Morgan fingerprint density at radius 1 is 1.00 bits per heavy atom. The van der Waals surface area contributed by atoms with E-state index in [0.717, 1.165) is 27.9 Å². The molecule has 31 heavy (non-hydrogen) atoms. The fourth-order valence-electron chi connectivity index (χ4n) is 3.46. The summed E-state index contributed by atoms with van der Waals surface area (Å²) in [5.74, 6) is 0.563. The summed E-state index contributed by atoms with van der Waals surface area (Å²) in [6.07, 6.45) is 1.84. The number of hydrogen-bond acceptors (Lipinski definition) is 4. The van der Waals surface area contributed by atoms with Gasteiger partial charge in [-0.1, -0.05) is 90.2 Å². The van der Waals surface area contributed by atoms with Gasteiger partial charge in [-0.25, -0.2) is 0 Å². The lowest BCUT2D eigenvalue weighted by Crippen LogP contribution is -2.29. The molecular weight excluding hydrogens is 446 g/mol. The third kappa shape index (κ3) is 4.54. The Balaban J connectivity index is 1.62. The summed E-state index contributed by atoms with van der Waals surface area (Å²) in [5.41, 5.74) is 4.61. The van der Waals surface area contributed by atoms with Crippen molar-refractivity contribution >= 4 is 57.6 Å². The Bertz CT molecular complexity index is 1190. The highest BCUT2D eigenvalue weighted by molar-refractivity contribution is 8.27. The Hall–Kier alpha value is -2.60. The monoisotopic (exact) mass is 465 g/mol. The highest BCUT2D eigenvalue weighted by Gasteiger charge is 2.35. The fourth-order valence-corrected chi connectivity index (χ4v) is 4.91. The van der Waals surface area contributed by atoms with Crippen molar-refractivity contribution in [2.45, 2.75) is 20.5 Å². The maximum Gasteiger partial charge on any atom is 0.270 e. The number of thiocarbonyl (C=S) groups is 1. The summed E-state index contributed by atoms with van der Waals surface area (Å²) >= 11 is 13.1. The molecule has 0 saturated carbocycles. The lowest BCUT2D eigenvalue weighted by molar-refractivity contribution is -0.113. The zero-order chi connectivity index (χ0) is 22.0. The average molecular weight is 466 g/mol. The van der Waals surface area contributed by atoms with E-state index < -0.39 is 0 Å². The van der Waals surface area contributed by atoms with E-state index in [2.05, 4.69) is 0 Å². The summed E-state index contributed by atoms with van der Waals surface area (Å²) in [7, 11) is 0. The number of para-hydroxylation sites is 2. The first-order chi connectivity index (χ1) is 15.0. The van der Waals surface area contributed by atoms with E-state index in [1.165, 1.54) is 11.8 Å². The summed E-state index contributed by atoms with van der Waals surface area (Å²) in [6, 6.07) is 21.2. The summed E-state index contributed by atoms with van der Waals surface area (Å²) in [6.45, 7) is 4.32. The van der Waals surface area contributed by atoms with E-state index in [9.17, 15) is 4.79 Å². The van der Waals surface area contributed by atoms with Gasteiger partial charge in [0.15, 0.2) is 4.32 Å². The minimum Gasteiger partial charge on any atom is -0.488 e. The number of carbonyl (C=O) groups excluding carboxylic acids is 1. The van der Waals surface area contributed by atoms with Gasteiger partial charge in [0.25, 0.3) is 5.91 Å².